The lowest BCUT2D eigenvalue weighted by molar-refractivity contribution is -0.120. The predicted octanol–water partition coefficient (Wildman–Crippen LogP) is 2.94. The molecular weight excluding hydrogens is 328 g/mol. The number of hydrogen-bond donors (Lipinski definition) is 3. The number of pyridine rings is 1. The summed E-state index contributed by atoms with van der Waals surface area (Å²) in [6, 6.07) is 2.17. The fraction of sp³-hybridized carbons (Fsp3) is 0.474. The van der Waals surface area contributed by atoms with Crippen LogP contribution in [0.4, 0.5) is 11.8 Å². The lowest BCUT2D eigenvalue weighted by Crippen LogP contribution is -2.34. The Hall–Kier alpha value is -2.54. The van der Waals surface area contributed by atoms with Gasteiger partial charge in [0.05, 0.1) is 5.69 Å². The van der Waals surface area contributed by atoms with E-state index in [-0.39, 0.29) is 23.9 Å². The largest absolute Gasteiger partial charge is 0.366 e. The van der Waals surface area contributed by atoms with Gasteiger partial charge in [-0.2, -0.15) is 0 Å². The van der Waals surface area contributed by atoms with Crippen LogP contribution in [0.5, 0.6) is 0 Å². The maximum absolute atomic E-state index is 12.5. The predicted molar refractivity (Wildman–Crippen MR) is 105 cm³/mol. The summed E-state index contributed by atoms with van der Waals surface area (Å²) >= 11 is 0. The molecule has 0 spiro atoms. The third kappa shape index (κ3) is 4.16. The molecule has 2 heterocycles. The van der Waals surface area contributed by atoms with Crippen LogP contribution in [0.25, 0.3) is 17.0 Å². The van der Waals surface area contributed by atoms with Crippen LogP contribution in [-0.2, 0) is 4.79 Å². The molecule has 0 saturated heterocycles. The van der Waals surface area contributed by atoms with Crippen LogP contribution in [0.1, 0.15) is 45.2 Å². The minimum absolute atomic E-state index is 0.0615. The van der Waals surface area contributed by atoms with Gasteiger partial charge in [-0.15, -0.1) is 0 Å². The summed E-state index contributed by atoms with van der Waals surface area (Å²) in [5.74, 6) is 0.813. The average Bonchev–Trinajstić information content (AvgIpc) is 2.61. The van der Waals surface area contributed by atoms with Crippen LogP contribution in [0.3, 0.4) is 0 Å². The van der Waals surface area contributed by atoms with Crippen molar-refractivity contribution in [2.24, 2.45) is 11.7 Å². The first-order valence-corrected chi connectivity index (χ1v) is 9.09. The Morgan fingerprint density at radius 3 is 2.88 bits per heavy atom. The summed E-state index contributed by atoms with van der Waals surface area (Å²) in [6.07, 6.45) is 6.92. The highest BCUT2D eigenvalue weighted by molar-refractivity contribution is 5.94. The Kier molecular flexibility index (Phi) is 5.46. The van der Waals surface area contributed by atoms with Crippen molar-refractivity contribution in [3.05, 3.63) is 24.5 Å². The third-order valence-corrected chi connectivity index (χ3v) is 4.54. The van der Waals surface area contributed by atoms with Crippen molar-refractivity contribution in [3.63, 3.8) is 0 Å². The second kappa shape index (κ2) is 7.78. The van der Waals surface area contributed by atoms with E-state index in [1.807, 2.05) is 19.9 Å². The van der Waals surface area contributed by atoms with Crippen LogP contribution in [0, 0.1) is 5.92 Å². The van der Waals surface area contributed by atoms with Gasteiger partial charge in [0.2, 0.25) is 11.9 Å². The SMILES string of the molecule is C=Cc1cc2cnc(NC(=O)[C@H]3CCC[C@@H](N)C3)nc2c(NC(C)C)n1. The highest BCUT2D eigenvalue weighted by atomic mass is 16.2. The van der Waals surface area contributed by atoms with Crippen molar-refractivity contribution in [2.45, 2.75) is 51.6 Å². The fourth-order valence-electron chi connectivity index (χ4n) is 3.28. The molecule has 0 bridgehead atoms. The van der Waals surface area contributed by atoms with E-state index in [4.69, 9.17) is 5.73 Å². The van der Waals surface area contributed by atoms with Crippen LogP contribution in [-0.4, -0.2) is 32.9 Å². The Bertz CT molecular complexity index is 819. The quantitative estimate of drug-likeness (QED) is 0.762. The molecule has 138 valence electrons. The molecule has 7 nitrogen and oxygen atoms in total. The third-order valence-electron chi connectivity index (χ3n) is 4.54. The molecule has 4 N–H and O–H groups in total. The number of nitrogens with zero attached hydrogens (tertiary/aromatic N) is 3. The van der Waals surface area contributed by atoms with Gasteiger partial charge in [-0.1, -0.05) is 13.0 Å². The van der Waals surface area contributed by atoms with E-state index in [2.05, 4.69) is 32.2 Å². The van der Waals surface area contributed by atoms with Crippen LogP contribution < -0.4 is 16.4 Å². The van der Waals surface area contributed by atoms with Gasteiger partial charge in [0.1, 0.15) is 5.52 Å². The van der Waals surface area contributed by atoms with Crippen molar-refractivity contribution >= 4 is 34.7 Å². The molecule has 1 aliphatic rings. The zero-order valence-corrected chi connectivity index (χ0v) is 15.3. The average molecular weight is 354 g/mol. The van der Waals surface area contributed by atoms with Crippen LogP contribution in [0.15, 0.2) is 18.8 Å². The van der Waals surface area contributed by atoms with E-state index in [1.54, 1.807) is 12.3 Å². The number of carbonyl (C=O) groups is 1. The van der Waals surface area contributed by atoms with Crippen molar-refractivity contribution in [2.75, 3.05) is 10.6 Å². The Morgan fingerprint density at radius 2 is 2.19 bits per heavy atom. The summed E-state index contributed by atoms with van der Waals surface area (Å²) < 4.78 is 0. The molecule has 2 aromatic rings. The minimum atomic E-state index is -0.0763. The number of nitrogens with two attached hydrogens (primary N) is 1. The Morgan fingerprint density at radius 1 is 1.38 bits per heavy atom. The van der Waals surface area contributed by atoms with Crippen molar-refractivity contribution in [1.29, 1.82) is 0 Å². The van der Waals surface area contributed by atoms with Crippen molar-refractivity contribution in [3.8, 4) is 0 Å². The maximum Gasteiger partial charge on any atom is 0.230 e. The second-order valence-corrected chi connectivity index (χ2v) is 7.14. The highest BCUT2D eigenvalue weighted by Crippen LogP contribution is 2.25. The molecule has 1 saturated carbocycles. The maximum atomic E-state index is 12.5. The first kappa shape index (κ1) is 18.3. The number of amides is 1. The molecule has 1 aliphatic carbocycles. The molecule has 7 heteroatoms. The summed E-state index contributed by atoms with van der Waals surface area (Å²) in [5.41, 5.74) is 7.41. The van der Waals surface area contributed by atoms with Gasteiger partial charge in [-0.3, -0.25) is 10.1 Å². The van der Waals surface area contributed by atoms with Gasteiger partial charge in [0.25, 0.3) is 0 Å². The number of fused-ring (bicyclic) bond motifs is 1. The van der Waals surface area contributed by atoms with E-state index in [0.717, 1.165) is 30.3 Å². The lowest BCUT2D eigenvalue weighted by atomic mass is 9.85. The number of anilines is 2. The van der Waals surface area contributed by atoms with Gasteiger partial charge in [-0.05, 0) is 45.3 Å². The molecule has 2 atom stereocenters. The first-order valence-electron chi connectivity index (χ1n) is 9.09. The summed E-state index contributed by atoms with van der Waals surface area (Å²) in [4.78, 5) is 25.9. The van der Waals surface area contributed by atoms with E-state index in [1.165, 1.54) is 0 Å². The number of aromatic nitrogens is 3. The van der Waals surface area contributed by atoms with E-state index in [9.17, 15) is 4.79 Å². The zero-order valence-electron chi connectivity index (χ0n) is 15.3. The molecule has 1 fully saturated rings. The standard InChI is InChI=1S/C19H26N6O/c1-4-15-9-13-10-21-19(24-16(13)17(23-15)22-11(2)3)25-18(26)12-6-5-7-14(20)8-12/h4,9-12,14H,1,5-8,20H2,2-3H3,(H,22,23)(H,21,24,25,26)/t12-,14+/m0/s1. The zero-order chi connectivity index (χ0) is 18.7. The van der Waals surface area contributed by atoms with Gasteiger partial charge in [-0.25, -0.2) is 15.0 Å². The summed E-state index contributed by atoms with van der Waals surface area (Å²) in [7, 11) is 0. The molecule has 0 unspecified atom stereocenters. The molecule has 26 heavy (non-hydrogen) atoms. The lowest BCUT2D eigenvalue weighted by Gasteiger charge is -2.25. The monoisotopic (exact) mass is 354 g/mol. The summed E-state index contributed by atoms with van der Waals surface area (Å²) in [5, 5.41) is 6.98. The molecular formula is C19H26N6O. The van der Waals surface area contributed by atoms with Gasteiger partial charge in [0.15, 0.2) is 5.82 Å². The molecule has 0 aromatic carbocycles. The van der Waals surface area contributed by atoms with Gasteiger partial charge in [0, 0.05) is 29.6 Å². The fourth-order valence-corrected chi connectivity index (χ4v) is 3.28. The number of hydrogen-bond acceptors (Lipinski definition) is 6. The number of carbonyl (C=O) groups excluding carboxylic acids is 1. The topological polar surface area (TPSA) is 106 Å². The minimum Gasteiger partial charge on any atom is -0.366 e. The van der Waals surface area contributed by atoms with E-state index < -0.39 is 0 Å². The van der Waals surface area contributed by atoms with Gasteiger partial charge >= 0.3 is 0 Å². The second-order valence-electron chi connectivity index (χ2n) is 7.14. The smallest absolute Gasteiger partial charge is 0.230 e. The van der Waals surface area contributed by atoms with Crippen molar-refractivity contribution in [1.82, 2.24) is 15.0 Å². The first-order chi connectivity index (χ1) is 12.5. The molecule has 0 radical (unpaired) electrons. The van der Waals surface area contributed by atoms with Crippen LogP contribution in [0.2, 0.25) is 0 Å². The van der Waals surface area contributed by atoms with E-state index in [0.29, 0.717) is 23.7 Å². The molecule has 0 aliphatic heterocycles. The highest BCUT2D eigenvalue weighted by Gasteiger charge is 2.26. The number of rotatable bonds is 5. The van der Waals surface area contributed by atoms with Crippen LogP contribution >= 0.6 is 0 Å². The Labute approximate surface area is 153 Å². The Balaban J connectivity index is 1.87. The number of nitrogens with one attached hydrogen (secondary N) is 2. The normalized spacial score (nSPS) is 20.2. The molecule has 1 amide bonds. The molecule has 2 aromatic heterocycles. The van der Waals surface area contributed by atoms with E-state index >= 15 is 0 Å². The van der Waals surface area contributed by atoms with Crippen molar-refractivity contribution < 1.29 is 4.79 Å². The van der Waals surface area contributed by atoms with Gasteiger partial charge < -0.3 is 11.1 Å². The molecule has 3 rings (SSSR count). The summed E-state index contributed by atoms with van der Waals surface area (Å²) in [6.45, 7) is 7.84.